The summed E-state index contributed by atoms with van der Waals surface area (Å²) in [5.41, 5.74) is 1.34. The van der Waals surface area contributed by atoms with Crippen molar-refractivity contribution in [3.63, 3.8) is 0 Å². The topological polar surface area (TPSA) is 57.2 Å². The summed E-state index contributed by atoms with van der Waals surface area (Å²) in [5, 5.41) is 3.45. The molecule has 144 valence electrons. The predicted octanol–water partition coefficient (Wildman–Crippen LogP) is 1.97. The van der Waals surface area contributed by atoms with Crippen LogP contribution in [-0.4, -0.2) is 69.1 Å². The third kappa shape index (κ3) is 6.33. The maximum atomic E-state index is 11.6. The number of hydrogen-bond acceptors (Lipinski definition) is 4. The van der Waals surface area contributed by atoms with Crippen LogP contribution in [0.3, 0.4) is 0 Å². The van der Waals surface area contributed by atoms with Gasteiger partial charge in [0.1, 0.15) is 0 Å². The van der Waals surface area contributed by atoms with Crippen LogP contribution in [0.5, 0.6) is 0 Å². The molecule has 0 amide bonds. The van der Waals surface area contributed by atoms with E-state index in [-0.39, 0.29) is 11.9 Å². The number of esters is 1. The van der Waals surface area contributed by atoms with Crippen molar-refractivity contribution in [2.45, 2.75) is 25.8 Å². The van der Waals surface area contributed by atoms with Gasteiger partial charge in [-0.15, -0.1) is 0 Å². The number of carbonyl (C=O) groups excluding carboxylic acids is 1. The van der Waals surface area contributed by atoms with Crippen LogP contribution in [0, 0.1) is 5.92 Å². The maximum absolute atomic E-state index is 11.6. The van der Waals surface area contributed by atoms with E-state index >= 15 is 0 Å². The van der Waals surface area contributed by atoms with Gasteiger partial charge < -0.3 is 19.9 Å². The summed E-state index contributed by atoms with van der Waals surface area (Å²) in [6.07, 6.45) is 2.71. The van der Waals surface area contributed by atoms with Crippen molar-refractivity contribution >= 4 is 11.9 Å². The second-order valence-electron chi connectivity index (χ2n) is 6.84. The lowest BCUT2D eigenvalue weighted by Crippen LogP contribution is -2.47. The Morgan fingerprint density at radius 2 is 2.00 bits per heavy atom. The molecule has 1 heterocycles. The molecule has 0 aliphatic carbocycles. The second kappa shape index (κ2) is 10.8. The molecule has 0 atom stereocenters. The smallest absolute Gasteiger partial charge is 0.308 e. The quantitative estimate of drug-likeness (QED) is 0.349. The molecule has 0 bridgehead atoms. The highest BCUT2D eigenvalue weighted by Gasteiger charge is 2.26. The summed E-state index contributed by atoms with van der Waals surface area (Å²) >= 11 is 0. The molecule has 0 aromatic heterocycles. The number of likely N-dealkylation sites (tertiary alicyclic amines) is 1. The van der Waals surface area contributed by atoms with Crippen molar-refractivity contribution in [1.29, 1.82) is 0 Å². The Morgan fingerprint density at radius 3 is 2.62 bits per heavy atom. The van der Waals surface area contributed by atoms with Gasteiger partial charge in [-0.1, -0.05) is 30.3 Å². The fourth-order valence-electron chi connectivity index (χ4n) is 3.35. The van der Waals surface area contributed by atoms with E-state index in [0.29, 0.717) is 0 Å². The maximum Gasteiger partial charge on any atom is 0.308 e. The highest BCUT2D eigenvalue weighted by molar-refractivity contribution is 5.80. The lowest BCUT2D eigenvalue weighted by molar-refractivity contribution is -0.146. The Morgan fingerprint density at radius 1 is 1.31 bits per heavy atom. The molecular formula is C20H32N4O2. The number of methoxy groups -OCH3 is 1. The van der Waals surface area contributed by atoms with Gasteiger partial charge in [0.05, 0.1) is 13.0 Å². The second-order valence-corrected chi connectivity index (χ2v) is 6.84. The Hall–Kier alpha value is -2.08. The Kier molecular flexibility index (Phi) is 8.41. The van der Waals surface area contributed by atoms with Gasteiger partial charge in [0.2, 0.25) is 0 Å². The average Bonchev–Trinajstić information content (AvgIpc) is 2.68. The molecule has 0 unspecified atom stereocenters. The van der Waals surface area contributed by atoms with E-state index in [0.717, 1.165) is 57.9 Å². The third-order valence-corrected chi connectivity index (χ3v) is 4.84. The minimum Gasteiger partial charge on any atom is -0.469 e. The molecule has 6 nitrogen and oxygen atoms in total. The van der Waals surface area contributed by atoms with Gasteiger partial charge in [0.15, 0.2) is 5.96 Å². The molecule has 1 aliphatic heterocycles. The number of aliphatic imine (C=N–C) groups is 1. The summed E-state index contributed by atoms with van der Waals surface area (Å²) in [6.45, 7) is 4.57. The van der Waals surface area contributed by atoms with E-state index in [2.05, 4.69) is 51.4 Å². The number of benzene rings is 1. The van der Waals surface area contributed by atoms with Gasteiger partial charge in [-0.2, -0.15) is 0 Å². The molecule has 2 rings (SSSR count). The molecule has 1 aromatic rings. The lowest BCUT2D eigenvalue weighted by Gasteiger charge is -2.33. The molecule has 1 saturated heterocycles. The number of nitrogens with zero attached hydrogens (tertiary/aromatic N) is 3. The van der Waals surface area contributed by atoms with Crippen molar-refractivity contribution in [3.05, 3.63) is 35.9 Å². The fourth-order valence-corrected chi connectivity index (χ4v) is 3.35. The number of rotatable bonds is 7. The first kappa shape index (κ1) is 20.2. The minimum absolute atomic E-state index is 0.0287. The normalized spacial score (nSPS) is 16.0. The van der Waals surface area contributed by atoms with Crippen molar-refractivity contribution < 1.29 is 9.53 Å². The first-order valence-corrected chi connectivity index (χ1v) is 9.40. The molecule has 1 aromatic carbocycles. The molecule has 6 heteroatoms. The van der Waals surface area contributed by atoms with Crippen molar-refractivity contribution in [2.75, 3.05) is 47.4 Å². The van der Waals surface area contributed by atoms with Gasteiger partial charge in [0, 0.05) is 33.2 Å². The molecule has 0 saturated carbocycles. The van der Waals surface area contributed by atoms with Crippen LogP contribution in [0.4, 0.5) is 0 Å². The molecule has 0 radical (unpaired) electrons. The van der Waals surface area contributed by atoms with Crippen molar-refractivity contribution in [2.24, 2.45) is 10.9 Å². The zero-order chi connectivity index (χ0) is 18.8. The number of nitrogens with one attached hydrogen (secondary N) is 1. The Balaban J connectivity index is 1.65. The van der Waals surface area contributed by atoms with Crippen molar-refractivity contribution in [3.8, 4) is 0 Å². The van der Waals surface area contributed by atoms with Gasteiger partial charge in [-0.3, -0.25) is 9.79 Å². The summed E-state index contributed by atoms with van der Waals surface area (Å²) in [5.74, 6) is 0.870. The van der Waals surface area contributed by atoms with Gasteiger partial charge in [-0.05, 0) is 38.4 Å². The number of carbonyl (C=O) groups is 1. The largest absolute Gasteiger partial charge is 0.469 e. The van der Waals surface area contributed by atoms with Gasteiger partial charge >= 0.3 is 5.97 Å². The molecule has 1 fully saturated rings. The zero-order valence-electron chi connectivity index (χ0n) is 16.3. The van der Waals surface area contributed by atoms with Crippen LogP contribution in [-0.2, 0) is 16.1 Å². The summed E-state index contributed by atoms with van der Waals surface area (Å²) in [6, 6.07) is 10.5. The highest BCUT2D eigenvalue weighted by atomic mass is 16.5. The molecule has 1 aliphatic rings. The predicted molar refractivity (Wildman–Crippen MR) is 105 cm³/mol. The average molecular weight is 361 g/mol. The first-order valence-electron chi connectivity index (χ1n) is 9.40. The highest BCUT2D eigenvalue weighted by Crippen LogP contribution is 2.18. The monoisotopic (exact) mass is 360 g/mol. The number of hydrogen-bond donors (Lipinski definition) is 1. The fraction of sp³-hybridized carbons (Fsp3) is 0.600. The third-order valence-electron chi connectivity index (χ3n) is 4.84. The van der Waals surface area contributed by atoms with E-state index in [1.54, 1.807) is 0 Å². The van der Waals surface area contributed by atoms with E-state index in [4.69, 9.17) is 4.74 Å². The molecule has 0 spiro atoms. The van der Waals surface area contributed by atoms with E-state index in [1.807, 2.05) is 13.1 Å². The van der Waals surface area contributed by atoms with Crippen LogP contribution < -0.4 is 5.32 Å². The molecule has 26 heavy (non-hydrogen) atoms. The van der Waals surface area contributed by atoms with Crippen LogP contribution in [0.1, 0.15) is 24.8 Å². The van der Waals surface area contributed by atoms with E-state index < -0.39 is 0 Å². The van der Waals surface area contributed by atoms with E-state index in [1.165, 1.54) is 12.7 Å². The van der Waals surface area contributed by atoms with Crippen LogP contribution in [0.2, 0.25) is 0 Å². The summed E-state index contributed by atoms with van der Waals surface area (Å²) < 4.78 is 4.85. The number of guanidine groups is 1. The summed E-state index contributed by atoms with van der Waals surface area (Å²) in [4.78, 5) is 20.6. The van der Waals surface area contributed by atoms with Crippen LogP contribution in [0.15, 0.2) is 35.3 Å². The van der Waals surface area contributed by atoms with Crippen LogP contribution >= 0.6 is 0 Å². The Bertz CT molecular complexity index is 568. The van der Waals surface area contributed by atoms with Crippen LogP contribution in [0.25, 0.3) is 0 Å². The minimum atomic E-state index is -0.0888. The SMILES string of the molecule is CN=C(NCCCN(C)Cc1ccccc1)N1CCC(C(=O)OC)CC1. The lowest BCUT2D eigenvalue weighted by atomic mass is 9.97. The molecule has 1 N–H and O–H groups in total. The van der Waals surface area contributed by atoms with Crippen molar-refractivity contribution in [1.82, 2.24) is 15.1 Å². The molecular weight excluding hydrogens is 328 g/mol. The number of ether oxygens (including phenoxy) is 1. The zero-order valence-corrected chi connectivity index (χ0v) is 16.3. The standard InChI is InChI=1S/C20H32N4O2/c1-21-20(24-14-10-18(11-15-24)19(25)26-3)22-12-7-13-23(2)16-17-8-5-4-6-9-17/h4-6,8-9,18H,7,10-16H2,1-3H3,(H,21,22). The van der Waals surface area contributed by atoms with E-state index in [9.17, 15) is 4.79 Å². The Labute approximate surface area is 157 Å². The first-order chi connectivity index (χ1) is 12.6. The summed E-state index contributed by atoms with van der Waals surface area (Å²) in [7, 11) is 5.43. The van der Waals surface area contributed by atoms with Gasteiger partial charge in [0.25, 0.3) is 0 Å². The number of piperidine rings is 1. The van der Waals surface area contributed by atoms with Gasteiger partial charge in [-0.25, -0.2) is 0 Å².